The van der Waals surface area contributed by atoms with Crippen molar-refractivity contribution in [3.8, 4) is 0 Å². The lowest BCUT2D eigenvalue weighted by molar-refractivity contribution is -0.145. The first-order chi connectivity index (χ1) is 7.69. The van der Waals surface area contributed by atoms with E-state index >= 15 is 0 Å². The molecule has 1 fully saturated rings. The lowest BCUT2D eigenvalue weighted by Gasteiger charge is -2.20. The number of hydrogen-bond donors (Lipinski definition) is 3. The van der Waals surface area contributed by atoms with E-state index in [-0.39, 0.29) is 6.61 Å². The summed E-state index contributed by atoms with van der Waals surface area (Å²) in [4.78, 5) is 26.1. The highest BCUT2D eigenvalue weighted by Crippen LogP contribution is 2.02. The first-order valence-electron chi connectivity index (χ1n) is 5.32. The van der Waals surface area contributed by atoms with Gasteiger partial charge >= 0.3 is 11.8 Å². The van der Waals surface area contributed by atoms with E-state index in [1.807, 2.05) is 5.43 Å². The van der Waals surface area contributed by atoms with Gasteiger partial charge < -0.3 is 10.0 Å². The predicted octanol–water partition coefficient (Wildman–Crippen LogP) is -2.50. The summed E-state index contributed by atoms with van der Waals surface area (Å²) < 4.78 is 0. The van der Waals surface area contributed by atoms with Gasteiger partial charge in [0.05, 0.1) is 6.61 Å². The maximum absolute atomic E-state index is 11.5. The Hall–Kier alpha value is -1.18. The van der Waals surface area contributed by atoms with E-state index in [9.17, 15) is 9.59 Å². The van der Waals surface area contributed by atoms with Crippen molar-refractivity contribution >= 4 is 11.8 Å². The maximum Gasteiger partial charge on any atom is 0.323 e. The van der Waals surface area contributed by atoms with Crippen LogP contribution in [0.15, 0.2) is 0 Å². The van der Waals surface area contributed by atoms with Crippen molar-refractivity contribution in [2.45, 2.75) is 6.42 Å². The van der Waals surface area contributed by atoms with Crippen LogP contribution in [-0.2, 0) is 9.59 Å². The van der Waals surface area contributed by atoms with Crippen LogP contribution >= 0.6 is 0 Å². The molecule has 0 aliphatic carbocycles. The quantitative estimate of drug-likeness (QED) is 0.211. The van der Waals surface area contributed by atoms with Gasteiger partial charge in [-0.1, -0.05) is 0 Å². The molecule has 0 spiro atoms. The number of rotatable bonds is 2. The fraction of sp³-hybridized carbons (Fsp3) is 0.778. The van der Waals surface area contributed by atoms with Crippen LogP contribution in [-0.4, -0.2) is 66.1 Å². The van der Waals surface area contributed by atoms with Gasteiger partial charge in [-0.15, -0.1) is 0 Å². The Kier molecular flexibility index (Phi) is 5.17. The summed E-state index contributed by atoms with van der Waals surface area (Å²) in [7, 11) is 0. The van der Waals surface area contributed by atoms with Crippen molar-refractivity contribution in [1.29, 1.82) is 0 Å². The van der Waals surface area contributed by atoms with Crippen molar-refractivity contribution in [1.82, 2.24) is 15.2 Å². The van der Waals surface area contributed by atoms with E-state index in [2.05, 4.69) is 4.90 Å². The minimum absolute atomic E-state index is 0.108. The van der Waals surface area contributed by atoms with Gasteiger partial charge in [-0.2, -0.15) is 0 Å². The van der Waals surface area contributed by atoms with Crippen molar-refractivity contribution in [2.24, 2.45) is 5.84 Å². The van der Waals surface area contributed by atoms with E-state index in [4.69, 9.17) is 10.9 Å². The van der Waals surface area contributed by atoms with Crippen LogP contribution in [0.2, 0.25) is 0 Å². The van der Waals surface area contributed by atoms with Crippen molar-refractivity contribution in [3.63, 3.8) is 0 Å². The number of aliphatic hydroxyl groups is 1. The lowest BCUT2D eigenvalue weighted by atomic mass is 10.3. The zero-order valence-corrected chi connectivity index (χ0v) is 9.19. The molecule has 7 nitrogen and oxygen atoms in total. The molecular weight excluding hydrogens is 212 g/mol. The summed E-state index contributed by atoms with van der Waals surface area (Å²) in [5.41, 5.74) is 1.84. The standard InChI is InChI=1S/C9H18N4O3/c10-11-8(15)9(16)13-3-1-2-12(4-5-13)6-7-14/h14H,1-7,10H2,(H,11,15). The van der Waals surface area contributed by atoms with Gasteiger partial charge in [0.1, 0.15) is 0 Å². The molecule has 0 aromatic heterocycles. The molecule has 1 aliphatic rings. The summed E-state index contributed by atoms with van der Waals surface area (Å²) in [6.07, 6.45) is 0.795. The molecule has 92 valence electrons. The summed E-state index contributed by atoms with van der Waals surface area (Å²) in [6, 6.07) is 0. The Bertz CT molecular complexity index is 259. The number of carbonyl (C=O) groups is 2. The summed E-state index contributed by atoms with van der Waals surface area (Å²) in [5.74, 6) is 3.53. The van der Waals surface area contributed by atoms with E-state index in [0.29, 0.717) is 26.2 Å². The number of aliphatic hydroxyl groups excluding tert-OH is 1. The van der Waals surface area contributed by atoms with Crippen LogP contribution in [0.5, 0.6) is 0 Å². The summed E-state index contributed by atoms with van der Waals surface area (Å²) >= 11 is 0. The Morgan fingerprint density at radius 3 is 2.62 bits per heavy atom. The molecule has 0 aromatic rings. The van der Waals surface area contributed by atoms with E-state index in [1.165, 1.54) is 4.90 Å². The molecule has 16 heavy (non-hydrogen) atoms. The van der Waals surface area contributed by atoms with Gasteiger partial charge in [0, 0.05) is 26.2 Å². The molecule has 0 unspecified atom stereocenters. The highest BCUT2D eigenvalue weighted by molar-refractivity contribution is 6.34. The molecule has 0 atom stereocenters. The lowest BCUT2D eigenvalue weighted by Crippen LogP contribution is -2.46. The number of nitrogens with two attached hydrogens (primary N) is 1. The molecule has 1 saturated heterocycles. The molecule has 2 amide bonds. The average Bonchev–Trinajstić information content (AvgIpc) is 2.53. The van der Waals surface area contributed by atoms with Crippen LogP contribution in [0, 0.1) is 0 Å². The first-order valence-corrected chi connectivity index (χ1v) is 5.32. The molecule has 1 heterocycles. The molecule has 0 saturated carbocycles. The van der Waals surface area contributed by atoms with Crippen molar-refractivity contribution in [2.75, 3.05) is 39.3 Å². The molecule has 7 heteroatoms. The zero-order valence-electron chi connectivity index (χ0n) is 9.19. The molecule has 0 bridgehead atoms. The van der Waals surface area contributed by atoms with Crippen LogP contribution in [0.1, 0.15) is 6.42 Å². The Labute approximate surface area is 94.1 Å². The average molecular weight is 230 g/mol. The Balaban J connectivity index is 2.46. The van der Waals surface area contributed by atoms with Crippen molar-refractivity contribution in [3.05, 3.63) is 0 Å². The second-order valence-corrected chi connectivity index (χ2v) is 3.68. The van der Waals surface area contributed by atoms with Crippen LogP contribution in [0.3, 0.4) is 0 Å². The number of hydrogen-bond acceptors (Lipinski definition) is 5. The van der Waals surface area contributed by atoms with Gasteiger partial charge in [0.15, 0.2) is 0 Å². The van der Waals surface area contributed by atoms with E-state index < -0.39 is 11.8 Å². The summed E-state index contributed by atoms with van der Waals surface area (Å²) in [5, 5.41) is 8.81. The smallest absolute Gasteiger partial charge is 0.323 e. The highest BCUT2D eigenvalue weighted by atomic mass is 16.3. The molecule has 4 N–H and O–H groups in total. The van der Waals surface area contributed by atoms with E-state index in [1.54, 1.807) is 0 Å². The van der Waals surface area contributed by atoms with Crippen LogP contribution in [0.25, 0.3) is 0 Å². The third-order valence-electron chi connectivity index (χ3n) is 2.62. The number of nitrogens with one attached hydrogen (secondary N) is 1. The van der Waals surface area contributed by atoms with Gasteiger partial charge in [-0.3, -0.25) is 19.9 Å². The number of amides is 2. The third kappa shape index (κ3) is 3.44. The maximum atomic E-state index is 11.5. The van der Waals surface area contributed by atoms with Gasteiger partial charge in [0.25, 0.3) is 0 Å². The first kappa shape index (κ1) is 12.9. The topological polar surface area (TPSA) is 98.9 Å². The molecule has 1 aliphatic heterocycles. The minimum atomic E-state index is -0.782. The fourth-order valence-electron chi connectivity index (χ4n) is 1.74. The van der Waals surface area contributed by atoms with Gasteiger partial charge in [0.2, 0.25) is 0 Å². The minimum Gasteiger partial charge on any atom is -0.395 e. The normalized spacial score (nSPS) is 18.0. The molecular formula is C9H18N4O3. The monoisotopic (exact) mass is 230 g/mol. The highest BCUT2D eigenvalue weighted by Gasteiger charge is 2.23. The van der Waals surface area contributed by atoms with Crippen LogP contribution in [0.4, 0.5) is 0 Å². The van der Waals surface area contributed by atoms with Gasteiger partial charge in [-0.05, 0) is 13.0 Å². The SMILES string of the molecule is NNC(=O)C(=O)N1CCCN(CCO)CC1. The number of β-amino-alcohol motifs (C(OH)–C–C–N with tert-alkyl or cyclic N) is 1. The second kappa shape index (κ2) is 6.41. The third-order valence-corrected chi connectivity index (χ3v) is 2.62. The van der Waals surface area contributed by atoms with Crippen molar-refractivity contribution < 1.29 is 14.7 Å². The second-order valence-electron chi connectivity index (χ2n) is 3.68. The Morgan fingerprint density at radius 2 is 2.00 bits per heavy atom. The number of nitrogens with zero attached hydrogens (tertiary/aromatic N) is 2. The van der Waals surface area contributed by atoms with E-state index in [0.717, 1.165) is 13.0 Å². The Morgan fingerprint density at radius 1 is 1.25 bits per heavy atom. The summed E-state index contributed by atoms with van der Waals surface area (Å²) in [6.45, 7) is 3.25. The number of hydrazine groups is 1. The molecule has 0 aromatic carbocycles. The number of carbonyl (C=O) groups excluding carboxylic acids is 2. The molecule has 0 radical (unpaired) electrons. The van der Waals surface area contributed by atoms with Crippen LogP contribution < -0.4 is 11.3 Å². The largest absolute Gasteiger partial charge is 0.395 e. The van der Waals surface area contributed by atoms with Gasteiger partial charge in [-0.25, -0.2) is 5.84 Å². The predicted molar refractivity (Wildman–Crippen MR) is 57.1 cm³/mol. The zero-order chi connectivity index (χ0) is 12.0. The fourth-order valence-corrected chi connectivity index (χ4v) is 1.74. The molecule has 1 rings (SSSR count).